The number of hydrogen-bond donors (Lipinski definition) is 0. The average molecular weight is 181 g/mol. The van der Waals surface area contributed by atoms with Crippen molar-refractivity contribution < 1.29 is 4.74 Å². The van der Waals surface area contributed by atoms with Gasteiger partial charge in [0.15, 0.2) is 0 Å². The number of rotatable bonds is 1. The molecule has 1 unspecified atom stereocenters. The molecule has 1 aliphatic rings. The highest BCUT2D eigenvalue weighted by atomic mass is 35.5. The fraction of sp³-hybridized carbons (Fsp3) is 0.200. The quantitative estimate of drug-likeness (QED) is 0.604. The van der Waals surface area contributed by atoms with Crippen LogP contribution in [0.3, 0.4) is 0 Å². The van der Waals surface area contributed by atoms with Crippen molar-refractivity contribution in [3.63, 3.8) is 0 Å². The van der Waals surface area contributed by atoms with Crippen LogP contribution in [0.1, 0.15) is 11.5 Å². The third kappa shape index (κ3) is 1.10. The first-order valence-corrected chi connectivity index (χ1v) is 4.24. The molecule has 1 heterocycles. The van der Waals surface area contributed by atoms with Crippen molar-refractivity contribution >= 4 is 11.6 Å². The van der Waals surface area contributed by atoms with Gasteiger partial charge in [-0.3, -0.25) is 0 Å². The van der Waals surface area contributed by atoms with Crippen molar-refractivity contribution in [3.05, 3.63) is 41.4 Å². The van der Waals surface area contributed by atoms with Crippen LogP contribution in [-0.4, -0.2) is 6.61 Å². The van der Waals surface area contributed by atoms with E-state index in [-0.39, 0.29) is 0 Å². The van der Waals surface area contributed by atoms with E-state index in [9.17, 15) is 0 Å². The number of fused-ring (bicyclic) bond motifs is 1. The van der Waals surface area contributed by atoms with Gasteiger partial charge in [-0.2, -0.15) is 0 Å². The summed E-state index contributed by atoms with van der Waals surface area (Å²) in [6.07, 6.45) is 1.89. The van der Waals surface area contributed by atoms with Crippen molar-refractivity contribution in [2.45, 2.75) is 5.92 Å². The summed E-state index contributed by atoms with van der Waals surface area (Å²) in [5.41, 5.74) is 1.15. The van der Waals surface area contributed by atoms with Crippen LogP contribution in [0.2, 0.25) is 5.02 Å². The third-order valence-corrected chi connectivity index (χ3v) is 2.31. The van der Waals surface area contributed by atoms with Gasteiger partial charge in [0, 0.05) is 16.5 Å². The molecule has 2 rings (SSSR count). The van der Waals surface area contributed by atoms with Gasteiger partial charge in [0.25, 0.3) is 0 Å². The fourth-order valence-electron chi connectivity index (χ4n) is 1.40. The third-order valence-electron chi connectivity index (χ3n) is 2.07. The standard InChI is InChI=1S/C10H9ClO/c1-2-7-6-12-10-4-3-8(11)5-9(7)10/h2-5,7H,1,6H2. The van der Waals surface area contributed by atoms with Crippen molar-refractivity contribution in [3.8, 4) is 5.75 Å². The van der Waals surface area contributed by atoms with Crippen LogP contribution in [0.25, 0.3) is 0 Å². The summed E-state index contributed by atoms with van der Waals surface area (Å²) in [4.78, 5) is 0. The predicted octanol–water partition coefficient (Wildman–Crippen LogP) is 3.00. The zero-order valence-corrected chi connectivity index (χ0v) is 7.34. The van der Waals surface area contributed by atoms with Crippen LogP contribution in [0, 0.1) is 0 Å². The summed E-state index contributed by atoms with van der Waals surface area (Å²) in [5, 5.41) is 0.756. The van der Waals surface area contributed by atoms with Crippen LogP contribution in [-0.2, 0) is 0 Å². The monoisotopic (exact) mass is 180 g/mol. The molecule has 62 valence electrons. The van der Waals surface area contributed by atoms with E-state index in [1.165, 1.54) is 0 Å². The molecule has 1 aliphatic heterocycles. The number of hydrogen-bond acceptors (Lipinski definition) is 1. The molecule has 0 N–H and O–H groups in total. The summed E-state index contributed by atoms with van der Waals surface area (Å²) in [6, 6.07) is 5.68. The maximum Gasteiger partial charge on any atom is 0.123 e. The summed E-state index contributed by atoms with van der Waals surface area (Å²) < 4.78 is 5.43. The van der Waals surface area contributed by atoms with Gasteiger partial charge in [-0.25, -0.2) is 0 Å². The Balaban J connectivity index is 2.49. The van der Waals surface area contributed by atoms with E-state index in [1.54, 1.807) is 0 Å². The average Bonchev–Trinajstić information content (AvgIpc) is 2.46. The molecule has 0 amide bonds. The van der Waals surface area contributed by atoms with Crippen LogP contribution >= 0.6 is 11.6 Å². The summed E-state index contributed by atoms with van der Waals surface area (Å²) in [5.74, 6) is 1.24. The van der Waals surface area contributed by atoms with Crippen molar-refractivity contribution in [2.75, 3.05) is 6.61 Å². The van der Waals surface area contributed by atoms with Crippen LogP contribution in [0.15, 0.2) is 30.9 Å². The lowest BCUT2D eigenvalue weighted by atomic mass is 10.0. The Kier molecular flexibility index (Phi) is 1.81. The second-order valence-electron chi connectivity index (χ2n) is 2.84. The molecule has 0 spiro atoms. The molecule has 0 saturated heterocycles. The zero-order valence-electron chi connectivity index (χ0n) is 6.59. The lowest BCUT2D eigenvalue weighted by Gasteiger charge is -2.00. The van der Waals surface area contributed by atoms with E-state index in [4.69, 9.17) is 16.3 Å². The minimum absolute atomic E-state index is 0.304. The lowest BCUT2D eigenvalue weighted by Crippen LogP contribution is -1.95. The van der Waals surface area contributed by atoms with Gasteiger partial charge in [-0.05, 0) is 18.2 Å². The second kappa shape index (κ2) is 2.83. The van der Waals surface area contributed by atoms with E-state index >= 15 is 0 Å². The molecule has 12 heavy (non-hydrogen) atoms. The summed E-state index contributed by atoms with van der Waals surface area (Å²) in [7, 11) is 0. The molecule has 0 aliphatic carbocycles. The molecule has 0 radical (unpaired) electrons. The predicted molar refractivity (Wildman–Crippen MR) is 49.9 cm³/mol. The second-order valence-corrected chi connectivity index (χ2v) is 3.27. The highest BCUT2D eigenvalue weighted by molar-refractivity contribution is 6.30. The van der Waals surface area contributed by atoms with Crippen molar-refractivity contribution in [1.29, 1.82) is 0 Å². The molecule has 1 aromatic rings. The van der Waals surface area contributed by atoms with Crippen LogP contribution in [0.4, 0.5) is 0 Å². The molecule has 1 atom stereocenters. The fourth-order valence-corrected chi connectivity index (χ4v) is 1.59. The minimum Gasteiger partial charge on any atom is -0.492 e. The molecule has 0 aromatic heterocycles. The van der Waals surface area contributed by atoms with Gasteiger partial charge < -0.3 is 4.74 Å². The molecule has 0 saturated carbocycles. The van der Waals surface area contributed by atoms with E-state index in [1.807, 2.05) is 24.3 Å². The SMILES string of the molecule is C=CC1COc2ccc(Cl)cc21. The highest BCUT2D eigenvalue weighted by Crippen LogP contribution is 2.35. The van der Waals surface area contributed by atoms with Gasteiger partial charge in [0.2, 0.25) is 0 Å². The maximum atomic E-state index is 5.86. The molecular formula is C10H9ClO. The Bertz CT molecular complexity index is 320. The van der Waals surface area contributed by atoms with Gasteiger partial charge >= 0.3 is 0 Å². The molecule has 0 fully saturated rings. The topological polar surface area (TPSA) is 9.23 Å². The van der Waals surface area contributed by atoms with E-state index in [0.717, 1.165) is 16.3 Å². The first-order chi connectivity index (χ1) is 5.81. The molecule has 0 bridgehead atoms. The van der Waals surface area contributed by atoms with Gasteiger partial charge in [-0.15, -0.1) is 6.58 Å². The molecular weight excluding hydrogens is 172 g/mol. The normalized spacial score (nSPS) is 19.9. The Morgan fingerprint density at radius 3 is 3.17 bits per heavy atom. The largest absolute Gasteiger partial charge is 0.492 e. The first kappa shape index (κ1) is 7.69. The highest BCUT2D eigenvalue weighted by Gasteiger charge is 2.20. The smallest absolute Gasteiger partial charge is 0.123 e. The molecule has 1 nitrogen and oxygen atoms in total. The van der Waals surface area contributed by atoms with E-state index < -0.39 is 0 Å². The zero-order chi connectivity index (χ0) is 8.55. The number of ether oxygens (including phenoxy) is 1. The Hall–Kier alpha value is -0.950. The Morgan fingerprint density at radius 2 is 2.42 bits per heavy atom. The minimum atomic E-state index is 0.304. The van der Waals surface area contributed by atoms with Crippen LogP contribution < -0.4 is 4.74 Å². The molecule has 2 heteroatoms. The molecule has 1 aromatic carbocycles. The Morgan fingerprint density at radius 1 is 1.58 bits per heavy atom. The van der Waals surface area contributed by atoms with E-state index in [0.29, 0.717) is 12.5 Å². The van der Waals surface area contributed by atoms with Crippen molar-refractivity contribution in [2.24, 2.45) is 0 Å². The number of benzene rings is 1. The Labute approximate surface area is 76.6 Å². The van der Waals surface area contributed by atoms with Gasteiger partial charge in [0.1, 0.15) is 5.75 Å². The maximum absolute atomic E-state index is 5.86. The lowest BCUT2D eigenvalue weighted by molar-refractivity contribution is 0.345. The van der Waals surface area contributed by atoms with Crippen molar-refractivity contribution in [1.82, 2.24) is 0 Å². The van der Waals surface area contributed by atoms with E-state index in [2.05, 4.69) is 6.58 Å². The van der Waals surface area contributed by atoms with Gasteiger partial charge in [0.05, 0.1) is 6.61 Å². The summed E-state index contributed by atoms with van der Waals surface area (Å²) >= 11 is 5.86. The van der Waals surface area contributed by atoms with Gasteiger partial charge in [-0.1, -0.05) is 17.7 Å². The van der Waals surface area contributed by atoms with Crippen LogP contribution in [0.5, 0.6) is 5.75 Å². The number of halogens is 1. The summed E-state index contributed by atoms with van der Waals surface area (Å²) in [6.45, 7) is 4.44. The first-order valence-electron chi connectivity index (χ1n) is 3.86.